The summed E-state index contributed by atoms with van der Waals surface area (Å²) in [5.74, 6) is -0.208. The fourth-order valence-corrected chi connectivity index (χ4v) is 6.35. The van der Waals surface area contributed by atoms with Crippen LogP contribution in [0.4, 0.5) is 5.69 Å². The summed E-state index contributed by atoms with van der Waals surface area (Å²) in [6.07, 6.45) is 0.189. The number of phenols is 1. The Morgan fingerprint density at radius 2 is 1.97 bits per heavy atom. The number of hydrogen-bond acceptors (Lipinski definition) is 6. The molecule has 29 heavy (non-hydrogen) atoms. The first kappa shape index (κ1) is 19.5. The fourth-order valence-electron chi connectivity index (χ4n) is 3.42. The van der Waals surface area contributed by atoms with Crippen LogP contribution in [0, 0.1) is 0 Å². The summed E-state index contributed by atoms with van der Waals surface area (Å²) in [6, 6.07) is 13.1. The van der Waals surface area contributed by atoms with Gasteiger partial charge in [-0.2, -0.15) is 0 Å². The number of phenolic OH excluding ortho intramolecular Hbond substituents is 1. The van der Waals surface area contributed by atoms with Crippen LogP contribution < -0.4 is 10.1 Å². The Balaban J connectivity index is 1.81. The van der Waals surface area contributed by atoms with E-state index in [0.717, 1.165) is 10.4 Å². The molecule has 0 aliphatic carbocycles. The number of ether oxygens (including phenoxy) is 1. The Labute approximate surface area is 172 Å². The van der Waals surface area contributed by atoms with Crippen LogP contribution in [0.5, 0.6) is 11.5 Å². The van der Waals surface area contributed by atoms with Gasteiger partial charge in [-0.15, -0.1) is 11.3 Å². The van der Waals surface area contributed by atoms with E-state index in [1.165, 1.54) is 29.5 Å². The lowest BCUT2D eigenvalue weighted by Crippen LogP contribution is -2.23. The maximum absolute atomic E-state index is 13.1. The third-order valence-electron chi connectivity index (χ3n) is 4.79. The molecule has 150 valence electrons. The minimum atomic E-state index is -3.76. The monoisotopic (exact) mass is 429 g/mol. The first-order valence-corrected chi connectivity index (χ1v) is 11.4. The van der Waals surface area contributed by atoms with Gasteiger partial charge in [0.1, 0.15) is 4.90 Å². The van der Waals surface area contributed by atoms with E-state index in [2.05, 4.69) is 5.32 Å². The summed E-state index contributed by atoms with van der Waals surface area (Å²) in [6.45, 7) is 2.21. The van der Waals surface area contributed by atoms with Crippen molar-refractivity contribution in [3.63, 3.8) is 0 Å². The van der Waals surface area contributed by atoms with Gasteiger partial charge < -0.3 is 15.2 Å². The van der Waals surface area contributed by atoms with E-state index in [1.54, 1.807) is 35.7 Å². The van der Waals surface area contributed by atoms with Gasteiger partial charge in [0.15, 0.2) is 11.5 Å². The van der Waals surface area contributed by atoms with Gasteiger partial charge in [-0.25, -0.2) is 8.42 Å². The molecule has 1 aliphatic heterocycles. The summed E-state index contributed by atoms with van der Waals surface area (Å²) in [5, 5.41) is 14.3. The highest BCUT2D eigenvalue weighted by molar-refractivity contribution is 7.91. The molecule has 0 spiro atoms. The van der Waals surface area contributed by atoms with Crippen LogP contribution in [0.3, 0.4) is 0 Å². The van der Waals surface area contributed by atoms with Crippen LogP contribution in [0.25, 0.3) is 0 Å². The molecule has 1 aliphatic rings. The Bertz CT molecular complexity index is 1170. The highest BCUT2D eigenvalue weighted by atomic mass is 32.2. The number of carbonyl (C=O) groups is 1. The summed E-state index contributed by atoms with van der Waals surface area (Å²) in [4.78, 5) is 13.5. The molecule has 2 N–H and O–H groups in total. The van der Waals surface area contributed by atoms with E-state index in [-0.39, 0.29) is 33.8 Å². The van der Waals surface area contributed by atoms with Crippen LogP contribution in [0.2, 0.25) is 0 Å². The molecule has 3 aromatic rings. The predicted octanol–water partition coefficient (Wildman–Crippen LogP) is 4.16. The molecular weight excluding hydrogens is 410 g/mol. The summed E-state index contributed by atoms with van der Waals surface area (Å²) in [7, 11) is -3.76. The molecule has 4 rings (SSSR count). The molecule has 1 amide bonds. The van der Waals surface area contributed by atoms with Crippen molar-refractivity contribution in [1.82, 2.24) is 0 Å². The van der Waals surface area contributed by atoms with Crippen LogP contribution >= 0.6 is 11.3 Å². The molecule has 0 saturated heterocycles. The number of nitrogens with one attached hydrogen (secondary N) is 1. The number of amides is 1. The molecule has 0 bridgehead atoms. The minimum absolute atomic E-state index is 0.0228. The third-order valence-corrected chi connectivity index (χ3v) is 7.82. The number of anilines is 1. The van der Waals surface area contributed by atoms with E-state index in [4.69, 9.17) is 4.74 Å². The van der Waals surface area contributed by atoms with Crippen molar-refractivity contribution >= 4 is 32.8 Å². The number of aromatic hydroxyl groups is 1. The summed E-state index contributed by atoms with van der Waals surface area (Å²) < 4.78 is 31.7. The standard InChI is InChI=1S/C21H19NO5S2/c1-2-27-17-10-13(8-9-16(17)23)15-11-19(24)22-20-18(12-28-21(15)20)29(25,26)14-6-4-3-5-7-14/h3-10,12,15,23H,2,11H2,1H3,(H,22,24)/t15-/m1/s1. The van der Waals surface area contributed by atoms with Crippen molar-refractivity contribution in [3.05, 3.63) is 64.4 Å². The first-order valence-electron chi connectivity index (χ1n) is 9.09. The Kier molecular flexibility index (Phi) is 5.06. The van der Waals surface area contributed by atoms with Gasteiger partial charge in [-0.1, -0.05) is 24.3 Å². The molecule has 0 saturated carbocycles. The highest BCUT2D eigenvalue weighted by Crippen LogP contribution is 2.46. The molecule has 2 aromatic carbocycles. The predicted molar refractivity (Wildman–Crippen MR) is 111 cm³/mol. The quantitative estimate of drug-likeness (QED) is 0.635. The number of fused-ring (bicyclic) bond motifs is 1. The smallest absolute Gasteiger partial charge is 0.225 e. The van der Waals surface area contributed by atoms with Crippen LogP contribution in [0.15, 0.2) is 63.7 Å². The number of sulfone groups is 1. The molecule has 0 fully saturated rings. The lowest BCUT2D eigenvalue weighted by molar-refractivity contribution is -0.116. The van der Waals surface area contributed by atoms with Gasteiger partial charge in [0.05, 0.1) is 17.2 Å². The van der Waals surface area contributed by atoms with Gasteiger partial charge >= 0.3 is 0 Å². The normalized spacial score (nSPS) is 16.2. The lowest BCUT2D eigenvalue weighted by atomic mass is 9.90. The molecule has 1 atom stereocenters. The minimum Gasteiger partial charge on any atom is -0.504 e. The average Bonchev–Trinajstić information content (AvgIpc) is 3.14. The van der Waals surface area contributed by atoms with Gasteiger partial charge in [-0.05, 0) is 36.8 Å². The Morgan fingerprint density at radius 3 is 2.69 bits per heavy atom. The van der Waals surface area contributed by atoms with Crippen molar-refractivity contribution < 1.29 is 23.1 Å². The third kappa shape index (κ3) is 3.49. The highest BCUT2D eigenvalue weighted by Gasteiger charge is 2.34. The second kappa shape index (κ2) is 7.53. The number of hydrogen-bond donors (Lipinski definition) is 2. The van der Waals surface area contributed by atoms with Gasteiger partial charge in [0.2, 0.25) is 15.7 Å². The number of benzene rings is 2. The Hall–Kier alpha value is -2.84. The zero-order valence-electron chi connectivity index (χ0n) is 15.6. The summed E-state index contributed by atoms with van der Waals surface area (Å²) in [5.41, 5.74) is 1.12. The van der Waals surface area contributed by atoms with Crippen LogP contribution in [0.1, 0.15) is 29.7 Å². The number of rotatable bonds is 5. The van der Waals surface area contributed by atoms with Crippen LogP contribution in [-0.4, -0.2) is 26.0 Å². The number of thiophene rings is 1. The Morgan fingerprint density at radius 1 is 1.21 bits per heavy atom. The SMILES string of the molecule is CCOc1cc([C@H]2CC(=O)Nc3c(S(=O)(=O)c4ccccc4)csc32)ccc1O. The maximum Gasteiger partial charge on any atom is 0.225 e. The zero-order valence-corrected chi connectivity index (χ0v) is 17.2. The van der Waals surface area contributed by atoms with Crippen molar-refractivity contribution in [2.24, 2.45) is 0 Å². The lowest BCUT2D eigenvalue weighted by Gasteiger charge is -2.24. The van der Waals surface area contributed by atoms with Crippen LogP contribution in [-0.2, 0) is 14.6 Å². The average molecular weight is 430 g/mol. The molecule has 2 heterocycles. The van der Waals surface area contributed by atoms with Gasteiger partial charge in [0.25, 0.3) is 0 Å². The molecule has 0 unspecified atom stereocenters. The zero-order chi connectivity index (χ0) is 20.6. The van der Waals surface area contributed by atoms with E-state index in [1.807, 2.05) is 6.92 Å². The molecule has 8 heteroatoms. The topological polar surface area (TPSA) is 92.7 Å². The van der Waals surface area contributed by atoms with Crippen molar-refractivity contribution in [1.29, 1.82) is 0 Å². The first-order chi connectivity index (χ1) is 13.9. The molecule has 0 radical (unpaired) electrons. The second-order valence-corrected chi connectivity index (χ2v) is 9.45. The van der Waals surface area contributed by atoms with E-state index >= 15 is 0 Å². The second-order valence-electron chi connectivity index (χ2n) is 6.62. The van der Waals surface area contributed by atoms with Crippen molar-refractivity contribution in [2.45, 2.75) is 29.1 Å². The van der Waals surface area contributed by atoms with E-state index < -0.39 is 9.84 Å². The van der Waals surface area contributed by atoms with Gasteiger partial charge in [0, 0.05) is 22.6 Å². The molecular formula is C21H19NO5S2. The van der Waals surface area contributed by atoms with Gasteiger partial charge in [-0.3, -0.25) is 4.79 Å². The van der Waals surface area contributed by atoms with Crippen molar-refractivity contribution in [3.8, 4) is 11.5 Å². The fraction of sp³-hybridized carbons (Fsp3) is 0.190. The summed E-state index contributed by atoms with van der Waals surface area (Å²) >= 11 is 1.30. The molecule has 6 nitrogen and oxygen atoms in total. The van der Waals surface area contributed by atoms with Crippen molar-refractivity contribution in [2.75, 3.05) is 11.9 Å². The maximum atomic E-state index is 13.1. The van der Waals surface area contributed by atoms with E-state index in [9.17, 15) is 18.3 Å². The number of carbonyl (C=O) groups excluding carboxylic acids is 1. The van der Waals surface area contributed by atoms with E-state index in [0.29, 0.717) is 18.0 Å². The molecule has 1 aromatic heterocycles. The largest absolute Gasteiger partial charge is 0.504 e.